The summed E-state index contributed by atoms with van der Waals surface area (Å²) in [7, 11) is 0. The van der Waals surface area contributed by atoms with Crippen molar-refractivity contribution in [3.63, 3.8) is 0 Å². The lowest BCUT2D eigenvalue weighted by Gasteiger charge is -2.32. The molecule has 1 saturated heterocycles. The van der Waals surface area contributed by atoms with Crippen LogP contribution in [0.15, 0.2) is 18.3 Å². The molecule has 6 nitrogen and oxygen atoms in total. The van der Waals surface area contributed by atoms with E-state index in [1.807, 2.05) is 17.0 Å². The summed E-state index contributed by atoms with van der Waals surface area (Å²) in [5, 5.41) is 14.5. The lowest BCUT2D eigenvalue weighted by Crippen LogP contribution is -2.45. The lowest BCUT2D eigenvalue weighted by molar-refractivity contribution is -0.131. The van der Waals surface area contributed by atoms with E-state index < -0.39 is 0 Å². The van der Waals surface area contributed by atoms with Gasteiger partial charge in [0.05, 0.1) is 6.54 Å². The summed E-state index contributed by atoms with van der Waals surface area (Å²) < 4.78 is 0. The molecule has 130 valence electrons. The van der Waals surface area contributed by atoms with Crippen molar-refractivity contribution in [3.8, 4) is 0 Å². The Hall–Kier alpha value is -1.11. The summed E-state index contributed by atoms with van der Waals surface area (Å²) in [5.74, 6) is 1.86. The second-order valence-electron chi connectivity index (χ2n) is 5.98. The fourth-order valence-electron chi connectivity index (χ4n) is 2.68. The van der Waals surface area contributed by atoms with E-state index in [1.54, 1.807) is 6.20 Å². The normalized spacial score (nSPS) is 17.8. The fourth-order valence-corrected chi connectivity index (χ4v) is 2.68. The molecule has 1 aromatic rings. The zero-order chi connectivity index (χ0) is 14.5. The number of halogens is 2. The SMILES string of the molecule is Cl.Cl.O=C(CNCC1CC1)N1CCC(Nc2cccnn2)CC1. The van der Waals surface area contributed by atoms with Crippen LogP contribution in [0.3, 0.4) is 0 Å². The van der Waals surface area contributed by atoms with E-state index in [-0.39, 0.29) is 30.7 Å². The van der Waals surface area contributed by atoms with Crippen LogP contribution in [-0.4, -0.2) is 53.2 Å². The molecule has 0 aromatic carbocycles. The van der Waals surface area contributed by atoms with Gasteiger partial charge in [0.25, 0.3) is 0 Å². The van der Waals surface area contributed by atoms with Gasteiger partial charge >= 0.3 is 0 Å². The molecule has 2 N–H and O–H groups in total. The number of anilines is 1. The number of nitrogens with one attached hydrogen (secondary N) is 2. The molecule has 2 heterocycles. The third-order valence-corrected chi connectivity index (χ3v) is 4.18. The van der Waals surface area contributed by atoms with Crippen molar-refractivity contribution in [1.29, 1.82) is 0 Å². The van der Waals surface area contributed by atoms with Crippen molar-refractivity contribution in [2.45, 2.75) is 31.7 Å². The molecule has 23 heavy (non-hydrogen) atoms. The van der Waals surface area contributed by atoms with Crippen molar-refractivity contribution < 1.29 is 4.79 Å². The fraction of sp³-hybridized carbons (Fsp3) is 0.667. The van der Waals surface area contributed by atoms with Crippen LogP contribution in [0.2, 0.25) is 0 Å². The van der Waals surface area contributed by atoms with Gasteiger partial charge in [-0.1, -0.05) is 0 Å². The molecule has 8 heteroatoms. The van der Waals surface area contributed by atoms with Crippen LogP contribution in [0.4, 0.5) is 5.82 Å². The number of nitrogens with zero attached hydrogens (tertiary/aromatic N) is 3. The van der Waals surface area contributed by atoms with Crippen LogP contribution in [0.5, 0.6) is 0 Å². The first kappa shape index (κ1) is 19.9. The van der Waals surface area contributed by atoms with E-state index in [1.165, 1.54) is 12.8 Å². The van der Waals surface area contributed by atoms with Crippen LogP contribution in [0, 0.1) is 5.92 Å². The highest BCUT2D eigenvalue weighted by Crippen LogP contribution is 2.27. The molecule has 0 atom stereocenters. The maximum absolute atomic E-state index is 12.1. The lowest BCUT2D eigenvalue weighted by atomic mass is 10.0. The highest BCUT2D eigenvalue weighted by atomic mass is 35.5. The zero-order valence-electron chi connectivity index (χ0n) is 13.1. The van der Waals surface area contributed by atoms with Crippen molar-refractivity contribution in [3.05, 3.63) is 18.3 Å². The first-order valence-electron chi connectivity index (χ1n) is 7.84. The quantitative estimate of drug-likeness (QED) is 0.807. The van der Waals surface area contributed by atoms with Crippen molar-refractivity contribution in [2.24, 2.45) is 5.92 Å². The average molecular weight is 362 g/mol. The van der Waals surface area contributed by atoms with Gasteiger partial charge in [-0.15, -0.1) is 29.9 Å². The number of carbonyl (C=O) groups is 1. The Kier molecular flexibility index (Phi) is 8.58. The first-order valence-corrected chi connectivity index (χ1v) is 7.84. The number of piperidine rings is 1. The van der Waals surface area contributed by atoms with E-state index in [2.05, 4.69) is 20.8 Å². The van der Waals surface area contributed by atoms with E-state index in [0.717, 1.165) is 44.2 Å². The van der Waals surface area contributed by atoms with Crippen LogP contribution in [0.1, 0.15) is 25.7 Å². The average Bonchev–Trinajstić information content (AvgIpc) is 3.33. The summed E-state index contributed by atoms with van der Waals surface area (Å²) in [4.78, 5) is 14.1. The van der Waals surface area contributed by atoms with Gasteiger partial charge in [0, 0.05) is 25.3 Å². The molecule has 1 aromatic heterocycles. The molecule has 1 aliphatic carbocycles. The number of rotatable bonds is 6. The molecule has 0 spiro atoms. The molecule has 0 radical (unpaired) electrons. The largest absolute Gasteiger partial charge is 0.366 e. The smallest absolute Gasteiger partial charge is 0.236 e. The molecule has 1 aliphatic heterocycles. The minimum atomic E-state index is 0. The summed E-state index contributed by atoms with van der Waals surface area (Å²) in [6.45, 7) is 3.12. The van der Waals surface area contributed by atoms with Gasteiger partial charge in [-0.2, -0.15) is 5.10 Å². The van der Waals surface area contributed by atoms with E-state index in [4.69, 9.17) is 0 Å². The summed E-state index contributed by atoms with van der Waals surface area (Å²) in [5.41, 5.74) is 0. The van der Waals surface area contributed by atoms with Gasteiger partial charge in [0.2, 0.25) is 5.91 Å². The van der Waals surface area contributed by atoms with Crippen LogP contribution in [0.25, 0.3) is 0 Å². The number of hydrogen-bond acceptors (Lipinski definition) is 5. The molecule has 1 saturated carbocycles. The second-order valence-corrected chi connectivity index (χ2v) is 5.98. The Balaban J connectivity index is 0.00000132. The van der Waals surface area contributed by atoms with Crippen LogP contribution in [-0.2, 0) is 4.79 Å². The van der Waals surface area contributed by atoms with Gasteiger partial charge in [0.15, 0.2) is 0 Å². The van der Waals surface area contributed by atoms with Crippen LogP contribution < -0.4 is 10.6 Å². The maximum Gasteiger partial charge on any atom is 0.236 e. The highest BCUT2D eigenvalue weighted by Gasteiger charge is 2.24. The molecular weight excluding hydrogens is 337 g/mol. The van der Waals surface area contributed by atoms with E-state index in [9.17, 15) is 4.79 Å². The second kappa shape index (κ2) is 9.90. The predicted molar refractivity (Wildman–Crippen MR) is 95.3 cm³/mol. The number of likely N-dealkylation sites (tertiary alicyclic amines) is 1. The number of amides is 1. The third kappa shape index (κ3) is 6.49. The zero-order valence-corrected chi connectivity index (χ0v) is 14.7. The van der Waals surface area contributed by atoms with Gasteiger partial charge in [0.1, 0.15) is 5.82 Å². The molecule has 3 rings (SSSR count). The maximum atomic E-state index is 12.1. The minimum absolute atomic E-state index is 0. The van der Waals surface area contributed by atoms with Crippen molar-refractivity contribution in [1.82, 2.24) is 20.4 Å². The standard InChI is InChI=1S/C15H23N5O.2ClH/c21-15(11-16-10-12-3-4-12)20-8-5-13(6-9-20)18-14-2-1-7-17-19-14;;/h1-2,7,12-13,16H,3-6,8-11H2,(H,18,19);2*1H. The Labute approximate surface area is 149 Å². The number of aromatic nitrogens is 2. The summed E-state index contributed by atoms with van der Waals surface area (Å²) >= 11 is 0. The third-order valence-electron chi connectivity index (χ3n) is 4.18. The molecule has 1 amide bonds. The van der Waals surface area contributed by atoms with Crippen LogP contribution >= 0.6 is 24.8 Å². The summed E-state index contributed by atoms with van der Waals surface area (Å²) in [6.07, 6.45) is 6.23. The topological polar surface area (TPSA) is 70.2 Å². The van der Waals surface area contributed by atoms with Gasteiger partial charge in [-0.25, -0.2) is 0 Å². The van der Waals surface area contributed by atoms with Crippen molar-refractivity contribution in [2.75, 3.05) is 31.5 Å². The molecule has 0 bridgehead atoms. The monoisotopic (exact) mass is 361 g/mol. The highest BCUT2D eigenvalue weighted by molar-refractivity contribution is 5.85. The first-order chi connectivity index (χ1) is 10.3. The van der Waals surface area contributed by atoms with Crippen molar-refractivity contribution >= 4 is 36.5 Å². The minimum Gasteiger partial charge on any atom is -0.366 e. The van der Waals surface area contributed by atoms with Gasteiger partial charge in [-0.3, -0.25) is 4.79 Å². The Morgan fingerprint density at radius 2 is 1.96 bits per heavy atom. The van der Waals surface area contributed by atoms with E-state index in [0.29, 0.717) is 12.6 Å². The molecule has 2 fully saturated rings. The summed E-state index contributed by atoms with van der Waals surface area (Å²) in [6, 6.07) is 4.18. The predicted octanol–water partition coefficient (Wildman–Crippen LogP) is 1.72. The van der Waals surface area contributed by atoms with Gasteiger partial charge < -0.3 is 15.5 Å². The Bertz CT molecular complexity index is 464. The Morgan fingerprint density at radius 3 is 2.57 bits per heavy atom. The molecular formula is C15H25Cl2N5O. The van der Waals surface area contributed by atoms with E-state index >= 15 is 0 Å². The number of carbonyl (C=O) groups excluding carboxylic acids is 1. The number of hydrogen-bond donors (Lipinski definition) is 2. The molecule has 2 aliphatic rings. The molecule has 0 unspecified atom stereocenters. The Morgan fingerprint density at radius 1 is 1.22 bits per heavy atom. The van der Waals surface area contributed by atoms with Gasteiger partial charge in [-0.05, 0) is 50.3 Å².